The minimum Gasteiger partial charge on any atom is -0.406 e. The first-order valence-corrected chi connectivity index (χ1v) is 11.4. The molecule has 3 aromatic rings. The maximum Gasteiger partial charge on any atom is 0.573 e. The van der Waals surface area contributed by atoms with Crippen LogP contribution >= 0.6 is 11.6 Å². The van der Waals surface area contributed by atoms with Crippen molar-refractivity contribution in [3.05, 3.63) is 63.9 Å². The van der Waals surface area contributed by atoms with E-state index in [1.165, 1.54) is 23.9 Å². The van der Waals surface area contributed by atoms with Crippen LogP contribution < -0.4 is 4.74 Å². The zero-order chi connectivity index (χ0) is 23.8. The number of aryl methyl sites for hydroxylation is 2. The second-order valence-corrected chi connectivity index (χ2v) is 9.70. The molecule has 0 saturated heterocycles. The predicted octanol–water partition coefficient (Wildman–Crippen LogP) is 5.04. The molecule has 1 heterocycles. The van der Waals surface area contributed by atoms with Crippen molar-refractivity contribution >= 4 is 27.2 Å². The third-order valence-electron chi connectivity index (χ3n) is 4.49. The Labute approximate surface area is 187 Å². The summed E-state index contributed by atoms with van der Waals surface area (Å²) in [6, 6.07) is 8.64. The highest BCUT2D eigenvalue weighted by molar-refractivity contribution is 7.93. The van der Waals surface area contributed by atoms with Crippen LogP contribution in [0.3, 0.4) is 0 Å². The number of amides is 1. The number of aromatic nitrogens is 3. The van der Waals surface area contributed by atoms with E-state index < -0.39 is 27.7 Å². The lowest BCUT2D eigenvalue weighted by atomic mass is 10.2. The van der Waals surface area contributed by atoms with Crippen molar-refractivity contribution in [2.45, 2.75) is 32.0 Å². The predicted molar refractivity (Wildman–Crippen MR) is 113 cm³/mol. The highest BCUT2D eigenvalue weighted by Gasteiger charge is 2.31. The van der Waals surface area contributed by atoms with Crippen LogP contribution in [0.15, 0.2) is 45.7 Å². The molecular weight excluding hydrogens is 469 g/mol. The zero-order valence-corrected chi connectivity index (χ0v) is 19.0. The number of hydrogen-bond donors (Lipinski definition) is 0. The molecule has 0 aliphatic heterocycles. The van der Waals surface area contributed by atoms with Gasteiger partial charge in [-0.25, -0.2) is 8.89 Å². The van der Waals surface area contributed by atoms with E-state index in [2.05, 4.69) is 19.4 Å². The number of halogens is 4. The number of carbonyl (C=O) groups excluding carboxylic acids is 1. The third-order valence-corrected chi connectivity index (χ3v) is 6.56. The van der Waals surface area contributed by atoms with E-state index in [-0.39, 0.29) is 22.1 Å². The smallest absolute Gasteiger partial charge is 0.406 e. The van der Waals surface area contributed by atoms with Crippen molar-refractivity contribution in [1.29, 1.82) is 0 Å². The number of hydrogen-bond acceptors (Lipinski definition) is 5. The molecule has 12 heteroatoms. The molecule has 0 saturated carbocycles. The lowest BCUT2D eigenvalue weighted by Gasteiger charge is -2.11. The van der Waals surface area contributed by atoms with Gasteiger partial charge in [0.05, 0.1) is 31.0 Å². The molecule has 1 atom stereocenters. The maximum atomic E-state index is 13.2. The highest BCUT2D eigenvalue weighted by atomic mass is 35.5. The van der Waals surface area contributed by atoms with Gasteiger partial charge in [-0.2, -0.15) is 4.36 Å². The van der Waals surface area contributed by atoms with Gasteiger partial charge in [0.15, 0.2) is 5.69 Å². The van der Waals surface area contributed by atoms with Gasteiger partial charge in [-0.05, 0) is 50.1 Å². The number of benzene rings is 2. The summed E-state index contributed by atoms with van der Waals surface area (Å²) in [6.45, 7) is 5.12. The second kappa shape index (κ2) is 8.55. The van der Waals surface area contributed by atoms with Crippen LogP contribution in [-0.4, -0.2) is 37.7 Å². The molecule has 0 fully saturated rings. The summed E-state index contributed by atoms with van der Waals surface area (Å²) in [5.41, 5.74) is 1.85. The summed E-state index contributed by atoms with van der Waals surface area (Å²) in [4.78, 5) is 13.2. The fourth-order valence-corrected chi connectivity index (χ4v) is 4.80. The van der Waals surface area contributed by atoms with Crippen LogP contribution in [0.4, 0.5) is 13.2 Å². The second-order valence-electron chi connectivity index (χ2n) is 7.06. The Kier molecular flexibility index (Phi) is 6.34. The van der Waals surface area contributed by atoms with Gasteiger partial charge >= 0.3 is 12.3 Å². The first kappa shape index (κ1) is 23.7. The number of nitrogens with zero attached hydrogens (tertiary/aromatic N) is 4. The lowest BCUT2D eigenvalue weighted by molar-refractivity contribution is -0.274. The molecule has 0 aliphatic carbocycles. The number of ether oxygens (including phenoxy) is 1. The average molecular weight is 487 g/mol. The monoisotopic (exact) mass is 486 g/mol. The molecule has 1 aromatic heterocycles. The van der Waals surface area contributed by atoms with Crippen LogP contribution in [0.25, 0.3) is 5.69 Å². The molecule has 1 unspecified atom stereocenters. The fraction of sp³-hybridized carbons (Fsp3) is 0.250. The van der Waals surface area contributed by atoms with Gasteiger partial charge in [0.25, 0.3) is 0 Å². The number of carbonyl (C=O) groups is 1. The van der Waals surface area contributed by atoms with Crippen molar-refractivity contribution < 1.29 is 26.9 Å². The molecule has 0 bridgehead atoms. The van der Waals surface area contributed by atoms with E-state index >= 15 is 0 Å². The van der Waals surface area contributed by atoms with Crippen LogP contribution in [0.2, 0.25) is 5.02 Å². The van der Waals surface area contributed by atoms with E-state index in [0.717, 1.165) is 23.3 Å². The maximum absolute atomic E-state index is 13.2. The van der Waals surface area contributed by atoms with Gasteiger partial charge in [-0.3, -0.25) is 4.79 Å². The van der Waals surface area contributed by atoms with E-state index in [4.69, 9.17) is 11.6 Å². The summed E-state index contributed by atoms with van der Waals surface area (Å²) in [5, 5.41) is 7.55. The average Bonchev–Trinajstić information content (AvgIpc) is 3.03. The van der Waals surface area contributed by atoms with E-state index in [1.807, 2.05) is 13.0 Å². The van der Waals surface area contributed by atoms with Crippen LogP contribution in [-0.2, 0) is 9.73 Å². The quantitative estimate of drug-likeness (QED) is 0.515. The molecule has 0 N–H and O–H groups in total. The van der Waals surface area contributed by atoms with Gasteiger partial charge in [-0.15, -0.1) is 18.3 Å². The molecular formula is C20H18ClF3N4O3S. The molecule has 0 aliphatic rings. The van der Waals surface area contributed by atoms with Gasteiger partial charge in [0.1, 0.15) is 5.75 Å². The Bertz CT molecular complexity index is 1330. The number of rotatable bonds is 4. The summed E-state index contributed by atoms with van der Waals surface area (Å²) in [6.07, 6.45) is -3.50. The van der Waals surface area contributed by atoms with Crippen molar-refractivity contribution in [3.8, 4) is 11.4 Å². The summed E-state index contributed by atoms with van der Waals surface area (Å²) in [5.74, 6) is -1.34. The molecule has 3 rings (SSSR count). The molecule has 1 amide bonds. The van der Waals surface area contributed by atoms with Crippen molar-refractivity contribution in [3.63, 3.8) is 0 Å². The Morgan fingerprint density at radius 3 is 2.47 bits per heavy atom. The molecule has 32 heavy (non-hydrogen) atoms. The van der Waals surface area contributed by atoms with E-state index in [1.54, 1.807) is 19.1 Å². The first-order valence-electron chi connectivity index (χ1n) is 9.10. The summed E-state index contributed by atoms with van der Waals surface area (Å²) >= 11 is 6.08. The zero-order valence-electron chi connectivity index (χ0n) is 17.4. The van der Waals surface area contributed by atoms with Crippen LogP contribution in [0.1, 0.15) is 27.3 Å². The topological polar surface area (TPSA) is 86.4 Å². The summed E-state index contributed by atoms with van der Waals surface area (Å²) < 4.78 is 59.2. The molecule has 0 spiro atoms. The van der Waals surface area contributed by atoms with E-state index in [0.29, 0.717) is 4.90 Å². The Morgan fingerprint density at radius 2 is 1.84 bits per heavy atom. The van der Waals surface area contributed by atoms with Crippen molar-refractivity contribution in [1.82, 2.24) is 15.0 Å². The Hall–Kier alpha value is -2.92. The first-order chi connectivity index (χ1) is 14.8. The minimum atomic E-state index is -4.86. The summed E-state index contributed by atoms with van der Waals surface area (Å²) in [7, 11) is -3.06. The van der Waals surface area contributed by atoms with Gasteiger partial charge in [0, 0.05) is 12.3 Å². The molecule has 2 aromatic carbocycles. The fourth-order valence-electron chi connectivity index (χ4n) is 2.98. The van der Waals surface area contributed by atoms with Crippen LogP contribution in [0, 0.1) is 20.8 Å². The van der Waals surface area contributed by atoms with Gasteiger partial charge in [0.2, 0.25) is 0 Å². The Balaban J connectivity index is 1.97. The van der Waals surface area contributed by atoms with Gasteiger partial charge < -0.3 is 4.74 Å². The number of alkyl halides is 3. The minimum absolute atomic E-state index is 0.106. The molecule has 170 valence electrons. The van der Waals surface area contributed by atoms with Crippen molar-refractivity contribution in [2.24, 2.45) is 4.36 Å². The largest absolute Gasteiger partial charge is 0.573 e. The van der Waals surface area contributed by atoms with Crippen LogP contribution in [0.5, 0.6) is 5.75 Å². The normalized spacial score (nSPS) is 13.5. The van der Waals surface area contributed by atoms with E-state index in [9.17, 15) is 22.2 Å². The van der Waals surface area contributed by atoms with Crippen molar-refractivity contribution in [2.75, 3.05) is 6.26 Å². The van der Waals surface area contributed by atoms with Gasteiger partial charge in [-0.1, -0.05) is 28.9 Å². The Morgan fingerprint density at radius 1 is 1.16 bits per heavy atom. The third kappa shape index (κ3) is 5.10. The lowest BCUT2D eigenvalue weighted by Crippen LogP contribution is -2.17. The molecule has 0 radical (unpaired) electrons. The SMILES string of the molecule is Cc1ccc(C)c(S(C)(=O)=NC(=O)c2nnn(-c3ccc(OC(F)(F)F)cc3Cl)c2C)c1. The standard InChI is InChI=1S/C20H18ClF3N4O3S/c1-11-5-6-12(2)17(9-11)32(4,30)26-19(29)18-13(3)28(27-25-18)16-8-7-14(10-15(16)21)31-20(22,23)24/h5-10H,1-4H3. The molecule has 7 nitrogen and oxygen atoms in total. The highest BCUT2D eigenvalue weighted by Crippen LogP contribution is 2.30.